The summed E-state index contributed by atoms with van der Waals surface area (Å²) < 4.78 is 11.6. The van der Waals surface area contributed by atoms with E-state index in [-0.39, 0.29) is 11.8 Å². The summed E-state index contributed by atoms with van der Waals surface area (Å²) in [7, 11) is 0. The Kier molecular flexibility index (Phi) is 7.93. The average molecular weight is 425 g/mol. The van der Waals surface area contributed by atoms with Crippen molar-refractivity contribution in [1.29, 1.82) is 0 Å². The molecule has 2 aromatic rings. The molecule has 6 nitrogen and oxygen atoms in total. The number of hydrogen-bond acceptors (Lipinski definition) is 4. The molecule has 0 spiro atoms. The number of carbonyl (C=O) groups is 2. The quantitative estimate of drug-likeness (QED) is 0.648. The van der Waals surface area contributed by atoms with Crippen LogP contribution in [-0.4, -0.2) is 60.5 Å². The van der Waals surface area contributed by atoms with Crippen LogP contribution in [0.4, 0.5) is 0 Å². The normalized spacial score (nSPS) is 15.0. The van der Waals surface area contributed by atoms with E-state index in [1.807, 2.05) is 54.6 Å². The molecule has 0 N–H and O–H groups in total. The molecule has 0 aromatic heterocycles. The Morgan fingerprint density at radius 1 is 0.871 bits per heavy atom. The molecule has 1 aliphatic rings. The number of hydrogen-bond donors (Lipinski definition) is 0. The number of carbonyl (C=O) groups excluding carboxylic acids is 2. The van der Waals surface area contributed by atoms with Gasteiger partial charge in [-0.15, -0.1) is 0 Å². The molecule has 2 aromatic carbocycles. The minimum atomic E-state index is -0.568. The Morgan fingerprint density at radius 3 is 2.16 bits per heavy atom. The third-order valence-corrected chi connectivity index (χ3v) is 5.46. The maximum absolute atomic E-state index is 12.9. The third kappa shape index (κ3) is 6.23. The Labute approximate surface area is 184 Å². The molecule has 1 aliphatic heterocycles. The zero-order valence-corrected chi connectivity index (χ0v) is 18.6. The molecule has 2 amide bonds. The highest BCUT2D eigenvalue weighted by atomic mass is 16.5. The second kappa shape index (κ2) is 10.8. The number of para-hydroxylation sites is 2. The zero-order valence-electron chi connectivity index (χ0n) is 18.6. The van der Waals surface area contributed by atoms with E-state index in [0.29, 0.717) is 45.1 Å². The fourth-order valence-corrected chi connectivity index (χ4v) is 3.67. The lowest BCUT2D eigenvalue weighted by Crippen LogP contribution is -2.53. The van der Waals surface area contributed by atoms with Gasteiger partial charge in [-0.25, -0.2) is 0 Å². The second-order valence-electron chi connectivity index (χ2n) is 8.07. The molecule has 0 bridgehead atoms. The Morgan fingerprint density at radius 2 is 1.48 bits per heavy atom. The van der Waals surface area contributed by atoms with Crippen molar-refractivity contribution in [3.05, 3.63) is 60.2 Å². The van der Waals surface area contributed by atoms with E-state index in [0.717, 1.165) is 17.1 Å². The molecule has 0 aliphatic carbocycles. The minimum Gasteiger partial charge on any atom is -0.493 e. The highest BCUT2D eigenvalue weighted by molar-refractivity contribution is 5.82. The Balaban J connectivity index is 1.44. The van der Waals surface area contributed by atoms with Crippen LogP contribution in [0.15, 0.2) is 54.6 Å². The summed E-state index contributed by atoms with van der Waals surface area (Å²) in [6, 6.07) is 17.3. The van der Waals surface area contributed by atoms with Crippen LogP contribution < -0.4 is 9.47 Å². The predicted octanol–water partition coefficient (Wildman–Crippen LogP) is 3.72. The number of piperazine rings is 1. The van der Waals surface area contributed by atoms with Gasteiger partial charge in [0.2, 0.25) is 5.91 Å². The summed E-state index contributed by atoms with van der Waals surface area (Å²) in [6.07, 6.45) is -0.240. The van der Waals surface area contributed by atoms with E-state index in [9.17, 15) is 9.59 Å². The molecule has 3 rings (SSSR count). The first-order valence-electron chi connectivity index (χ1n) is 11.0. The van der Waals surface area contributed by atoms with Crippen LogP contribution in [0.3, 0.4) is 0 Å². The van der Waals surface area contributed by atoms with Crippen LogP contribution >= 0.6 is 0 Å². The van der Waals surface area contributed by atoms with Gasteiger partial charge < -0.3 is 19.3 Å². The van der Waals surface area contributed by atoms with Crippen LogP contribution in [0.1, 0.15) is 38.7 Å². The topological polar surface area (TPSA) is 59.1 Å². The van der Waals surface area contributed by atoms with Gasteiger partial charge in [-0.1, -0.05) is 50.2 Å². The lowest BCUT2D eigenvalue weighted by atomic mass is 10.0. The first kappa shape index (κ1) is 22.7. The van der Waals surface area contributed by atoms with Gasteiger partial charge in [0.1, 0.15) is 11.5 Å². The second-order valence-corrected chi connectivity index (χ2v) is 8.07. The number of ether oxygens (including phenoxy) is 2. The van der Waals surface area contributed by atoms with Crippen LogP contribution in [0.25, 0.3) is 0 Å². The van der Waals surface area contributed by atoms with E-state index in [1.165, 1.54) is 0 Å². The molecule has 6 heteroatoms. The summed E-state index contributed by atoms with van der Waals surface area (Å²) in [5, 5.41) is 0. The molecular formula is C25H32N2O4. The molecule has 1 fully saturated rings. The van der Waals surface area contributed by atoms with Crippen molar-refractivity contribution < 1.29 is 19.1 Å². The van der Waals surface area contributed by atoms with E-state index >= 15 is 0 Å². The minimum absolute atomic E-state index is 0.0435. The van der Waals surface area contributed by atoms with Gasteiger partial charge in [-0.05, 0) is 36.6 Å². The molecular weight excluding hydrogens is 392 g/mol. The molecule has 1 saturated heterocycles. The van der Waals surface area contributed by atoms with Crippen molar-refractivity contribution in [3.63, 3.8) is 0 Å². The van der Waals surface area contributed by atoms with Crippen LogP contribution in [0.2, 0.25) is 0 Å². The molecule has 166 valence electrons. The van der Waals surface area contributed by atoms with E-state index in [4.69, 9.17) is 9.47 Å². The monoisotopic (exact) mass is 424 g/mol. The van der Waals surface area contributed by atoms with Gasteiger partial charge >= 0.3 is 0 Å². The molecule has 1 unspecified atom stereocenters. The van der Waals surface area contributed by atoms with Crippen molar-refractivity contribution in [2.24, 2.45) is 0 Å². The van der Waals surface area contributed by atoms with Crippen molar-refractivity contribution in [1.82, 2.24) is 9.80 Å². The Hall–Kier alpha value is -3.02. The summed E-state index contributed by atoms with van der Waals surface area (Å²) in [5.41, 5.74) is 1.09. The van der Waals surface area contributed by atoms with E-state index in [2.05, 4.69) is 13.8 Å². The number of rotatable bonds is 8. The molecule has 1 heterocycles. The summed E-state index contributed by atoms with van der Waals surface area (Å²) in [6.45, 7) is 8.45. The fourth-order valence-electron chi connectivity index (χ4n) is 3.67. The van der Waals surface area contributed by atoms with Gasteiger partial charge in [0.25, 0.3) is 5.91 Å². The number of benzene rings is 2. The standard InChI is InChI=1S/C25H32N2O4/c1-19(2)22-11-7-8-12-23(22)31-20(3)25(29)27-16-14-26(15-17-27)24(28)13-18-30-21-9-5-4-6-10-21/h4-12,19-20H,13-18H2,1-3H3. The maximum atomic E-state index is 12.9. The largest absolute Gasteiger partial charge is 0.493 e. The maximum Gasteiger partial charge on any atom is 0.263 e. The highest BCUT2D eigenvalue weighted by Gasteiger charge is 2.28. The molecule has 1 atom stereocenters. The van der Waals surface area contributed by atoms with Crippen molar-refractivity contribution in [3.8, 4) is 11.5 Å². The first-order chi connectivity index (χ1) is 15.0. The smallest absolute Gasteiger partial charge is 0.263 e. The van der Waals surface area contributed by atoms with Gasteiger partial charge in [0.05, 0.1) is 13.0 Å². The zero-order chi connectivity index (χ0) is 22.2. The van der Waals surface area contributed by atoms with Gasteiger partial charge in [-0.2, -0.15) is 0 Å². The summed E-state index contributed by atoms with van der Waals surface area (Å²) >= 11 is 0. The fraction of sp³-hybridized carbons (Fsp3) is 0.440. The third-order valence-electron chi connectivity index (χ3n) is 5.46. The molecule has 31 heavy (non-hydrogen) atoms. The predicted molar refractivity (Wildman–Crippen MR) is 120 cm³/mol. The number of amides is 2. The highest BCUT2D eigenvalue weighted by Crippen LogP contribution is 2.27. The van der Waals surface area contributed by atoms with Gasteiger partial charge in [0, 0.05) is 26.2 Å². The van der Waals surface area contributed by atoms with E-state index in [1.54, 1.807) is 16.7 Å². The van der Waals surface area contributed by atoms with Crippen LogP contribution in [-0.2, 0) is 9.59 Å². The first-order valence-corrected chi connectivity index (χ1v) is 11.0. The SMILES string of the molecule is CC(Oc1ccccc1C(C)C)C(=O)N1CCN(C(=O)CCOc2ccccc2)CC1. The lowest BCUT2D eigenvalue weighted by Gasteiger charge is -2.36. The van der Waals surface area contributed by atoms with Crippen LogP contribution in [0.5, 0.6) is 11.5 Å². The van der Waals surface area contributed by atoms with Crippen molar-refractivity contribution in [2.45, 2.75) is 39.2 Å². The summed E-state index contributed by atoms with van der Waals surface area (Å²) in [5.74, 6) is 1.85. The van der Waals surface area contributed by atoms with Gasteiger partial charge in [0.15, 0.2) is 6.10 Å². The average Bonchev–Trinajstić information content (AvgIpc) is 2.79. The summed E-state index contributed by atoms with van der Waals surface area (Å²) in [4.78, 5) is 28.9. The van der Waals surface area contributed by atoms with Crippen molar-refractivity contribution in [2.75, 3.05) is 32.8 Å². The van der Waals surface area contributed by atoms with Crippen LogP contribution in [0, 0.1) is 0 Å². The number of nitrogens with zero attached hydrogens (tertiary/aromatic N) is 2. The van der Waals surface area contributed by atoms with E-state index < -0.39 is 6.10 Å². The molecule has 0 radical (unpaired) electrons. The molecule has 0 saturated carbocycles. The lowest BCUT2D eigenvalue weighted by molar-refractivity contribution is -0.144. The van der Waals surface area contributed by atoms with Crippen molar-refractivity contribution >= 4 is 11.8 Å². The van der Waals surface area contributed by atoms with Gasteiger partial charge in [-0.3, -0.25) is 9.59 Å². The Bertz CT molecular complexity index is 861.